The summed E-state index contributed by atoms with van der Waals surface area (Å²) in [5, 5.41) is 6.92. The molecule has 2 aromatic rings. The summed E-state index contributed by atoms with van der Waals surface area (Å²) in [6.45, 7) is 2.16. The molecule has 0 bridgehead atoms. The van der Waals surface area contributed by atoms with E-state index in [1.807, 2.05) is 0 Å². The third kappa shape index (κ3) is 3.68. The molecule has 0 saturated carbocycles. The van der Waals surface area contributed by atoms with E-state index < -0.39 is 5.76 Å². The highest BCUT2D eigenvalue weighted by Gasteiger charge is 2.03. The van der Waals surface area contributed by atoms with Crippen LogP contribution in [0.2, 0.25) is 0 Å². The van der Waals surface area contributed by atoms with Gasteiger partial charge in [0.2, 0.25) is 5.89 Å². The quantitative estimate of drug-likeness (QED) is 0.501. The van der Waals surface area contributed by atoms with Crippen molar-refractivity contribution in [1.82, 2.24) is 10.2 Å². The molecule has 0 unspecified atom stereocenters. The van der Waals surface area contributed by atoms with Gasteiger partial charge in [0.15, 0.2) is 0 Å². The van der Waals surface area contributed by atoms with Crippen molar-refractivity contribution >= 4 is 23.5 Å². The van der Waals surface area contributed by atoms with Gasteiger partial charge in [0, 0.05) is 9.98 Å². The van der Waals surface area contributed by atoms with Gasteiger partial charge in [-0.25, -0.2) is 9.89 Å². The van der Waals surface area contributed by atoms with Crippen LogP contribution in [0.1, 0.15) is 18.4 Å². The average Bonchev–Trinajstić information content (AvgIpc) is 2.81. The molecular weight excluding hydrogens is 268 g/mol. The number of H-pyrrole nitrogens is 1. The Kier molecular flexibility index (Phi) is 4.95. The van der Waals surface area contributed by atoms with Crippen molar-refractivity contribution in [2.24, 2.45) is 0 Å². The monoisotopic (exact) mass is 282 g/mol. The van der Waals surface area contributed by atoms with Gasteiger partial charge in [-0.2, -0.15) is 0 Å². The van der Waals surface area contributed by atoms with E-state index in [2.05, 4.69) is 41.4 Å². The highest BCUT2D eigenvalue weighted by Crippen LogP contribution is 2.27. The third-order valence-corrected chi connectivity index (χ3v) is 4.66. The van der Waals surface area contributed by atoms with Crippen LogP contribution in [-0.4, -0.2) is 15.3 Å². The minimum absolute atomic E-state index is 0.453. The zero-order valence-electron chi connectivity index (χ0n) is 10.0. The normalized spacial score (nSPS) is 10.7. The summed E-state index contributed by atoms with van der Waals surface area (Å²) in [7, 11) is 0. The van der Waals surface area contributed by atoms with E-state index in [1.165, 1.54) is 10.5 Å². The fourth-order valence-corrected chi connectivity index (χ4v) is 3.54. The van der Waals surface area contributed by atoms with Crippen LogP contribution >= 0.6 is 23.5 Å². The van der Waals surface area contributed by atoms with Crippen LogP contribution < -0.4 is 5.76 Å². The molecule has 4 nitrogen and oxygen atoms in total. The summed E-state index contributed by atoms with van der Waals surface area (Å²) in [5.74, 6) is 0.573. The van der Waals surface area contributed by atoms with E-state index in [4.69, 9.17) is 4.42 Å². The molecule has 0 aliphatic carbocycles. The largest absolute Gasteiger partial charge is 0.434 e. The zero-order chi connectivity index (χ0) is 12.8. The van der Waals surface area contributed by atoms with Crippen LogP contribution in [0.4, 0.5) is 0 Å². The maximum atomic E-state index is 10.7. The number of hydrogen-bond donors (Lipinski definition) is 1. The van der Waals surface area contributed by atoms with Crippen molar-refractivity contribution in [3.63, 3.8) is 0 Å². The number of nitrogens with zero attached hydrogens (tertiary/aromatic N) is 1. The van der Waals surface area contributed by atoms with Gasteiger partial charge in [-0.15, -0.1) is 28.6 Å². The first-order chi connectivity index (χ1) is 8.79. The Morgan fingerprint density at radius 3 is 2.94 bits per heavy atom. The van der Waals surface area contributed by atoms with Gasteiger partial charge in [0.1, 0.15) is 0 Å². The first-order valence-corrected chi connectivity index (χ1v) is 7.76. The molecule has 0 atom stereocenters. The van der Waals surface area contributed by atoms with Crippen LogP contribution in [0, 0.1) is 0 Å². The lowest BCUT2D eigenvalue weighted by molar-refractivity contribution is 0.480. The molecule has 6 heteroatoms. The number of thioether (sulfide) groups is 2. The smallest absolute Gasteiger partial charge is 0.392 e. The fourth-order valence-electron chi connectivity index (χ4n) is 1.49. The minimum atomic E-state index is -0.491. The minimum Gasteiger partial charge on any atom is -0.392 e. The first-order valence-electron chi connectivity index (χ1n) is 5.62. The lowest BCUT2D eigenvalue weighted by Gasteiger charge is -2.05. The van der Waals surface area contributed by atoms with Gasteiger partial charge in [-0.1, -0.05) is 25.1 Å². The van der Waals surface area contributed by atoms with E-state index in [-0.39, 0.29) is 0 Å². The molecule has 0 aliphatic heterocycles. The number of aryl methyl sites for hydroxylation is 1. The van der Waals surface area contributed by atoms with E-state index in [0.717, 1.165) is 11.5 Å². The second kappa shape index (κ2) is 6.70. The van der Waals surface area contributed by atoms with Crippen molar-refractivity contribution in [3.8, 4) is 0 Å². The van der Waals surface area contributed by atoms with Gasteiger partial charge in [-0.05, 0) is 18.1 Å². The van der Waals surface area contributed by atoms with E-state index in [0.29, 0.717) is 11.6 Å². The Bertz CT molecular complexity index is 551. The second-order valence-corrected chi connectivity index (χ2v) is 5.95. The predicted molar refractivity (Wildman–Crippen MR) is 75.0 cm³/mol. The molecular formula is C12H14N2O2S2. The highest BCUT2D eigenvalue weighted by molar-refractivity contribution is 8.15. The van der Waals surface area contributed by atoms with Gasteiger partial charge in [0.05, 0.1) is 5.75 Å². The van der Waals surface area contributed by atoms with E-state index >= 15 is 0 Å². The number of aromatic amines is 1. The number of nitrogens with one attached hydrogen (secondary N) is 1. The van der Waals surface area contributed by atoms with Crippen molar-refractivity contribution in [2.75, 3.05) is 5.08 Å². The molecule has 0 radical (unpaired) electrons. The lowest BCUT2D eigenvalue weighted by atomic mass is 10.2. The molecule has 1 aromatic heterocycles. The predicted octanol–water partition coefficient (Wildman–Crippen LogP) is 2.91. The summed E-state index contributed by atoms with van der Waals surface area (Å²) in [6, 6.07) is 8.41. The standard InChI is InChI=1S/C12H14N2O2S2/c1-2-9-5-3-4-6-10(9)18-8-17-7-11-13-14-12(15)16-11/h3-6H,2,7-8H2,1H3,(H,14,15). The van der Waals surface area contributed by atoms with E-state index in [9.17, 15) is 4.79 Å². The molecule has 0 aliphatic rings. The molecule has 18 heavy (non-hydrogen) atoms. The summed E-state index contributed by atoms with van der Waals surface area (Å²) < 4.78 is 4.83. The Morgan fingerprint density at radius 1 is 1.39 bits per heavy atom. The first kappa shape index (κ1) is 13.3. The molecule has 1 N–H and O–H groups in total. The van der Waals surface area contributed by atoms with Crippen molar-refractivity contribution < 1.29 is 4.42 Å². The lowest BCUT2D eigenvalue weighted by Crippen LogP contribution is -1.93. The van der Waals surface area contributed by atoms with Crippen molar-refractivity contribution in [3.05, 3.63) is 46.3 Å². The number of rotatable bonds is 6. The maximum Gasteiger partial charge on any atom is 0.434 e. The number of hydrogen-bond acceptors (Lipinski definition) is 5. The Morgan fingerprint density at radius 2 is 2.22 bits per heavy atom. The molecule has 96 valence electrons. The zero-order valence-corrected chi connectivity index (χ0v) is 11.6. The Labute approximate surface area is 114 Å². The SMILES string of the molecule is CCc1ccccc1SCSCc1n[nH]c(=O)o1. The molecule has 2 rings (SSSR count). The fraction of sp³-hybridized carbons (Fsp3) is 0.333. The van der Waals surface area contributed by atoms with E-state index in [1.54, 1.807) is 23.5 Å². The molecule has 0 spiro atoms. The molecule has 0 fully saturated rings. The van der Waals surface area contributed by atoms with Gasteiger partial charge in [-0.3, -0.25) is 0 Å². The highest BCUT2D eigenvalue weighted by atomic mass is 32.2. The third-order valence-electron chi connectivity index (χ3n) is 2.36. The Hall–Kier alpha value is -1.14. The number of aromatic nitrogens is 2. The summed E-state index contributed by atoms with van der Waals surface area (Å²) in [5.41, 5.74) is 1.37. The topological polar surface area (TPSA) is 58.9 Å². The van der Waals surface area contributed by atoms with Crippen molar-refractivity contribution in [1.29, 1.82) is 0 Å². The average molecular weight is 282 g/mol. The molecule has 0 saturated heterocycles. The van der Waals surface area contributed by atoms with Gasteiger partial charge >= 0.3 is 5.76 Å². The molecule has 1 aromatic carbocycles. The van der Waals surface area contributed by atoms with Crippen molar-refractivity contribution in [2.45, 2.75) is 24.0 Å². The van der Waals surface area contributed by atoms with Crippen LogP contribution in [0.5, 0.6) is 0 Å². The molecule has 0 amide bonds. The van der Waals surface area contributed by atoms with Crippen LogP contribution in [0.25, 0.3) is 0 Å². The second-order valence-electron chi connectivity index (χ2n) is 3.58. The maximum absolute atomic E-state index is 10.7. The summed E-state index contributed by atoms with van der Waals surface area (Å²) in [6.07, 6.45) is 1.04. The summed E-state index contributed by atoms with van der Waals surface area (Å²) >= 11 is 3.48. The Balaban J connectivity index is 1.80. The van der Waals surface area contributed by atoms with Crippen LogP contribution in [-0.2, 0) is 12.2 Å². The summed E-state index contributed by atoms with van der Waals surface area (Å²) in [4.78, 5) is 12.0. The molecule has 1 heterocycles. The van der Waals surface area contributed by atoms with Gasteiger partial charge in [0.25, 0.3) is 0 Å². The van der Waals surface area contributed by atoms with Crippen LogP contribution in [0.15, 0.2) is 38.4 Å². The number of benzene rings is 1. The van der Waals surface area contributed by atoms with Gasteiger partial charge < -0.3 is 4.42 Å². The van der Waals surface area contributed by atoms with Crippen LogP contribution in [0.3, 0.4) is 0 Å².